The average molecular weight is 250 g/mol. The number of hydrogen-bond donors (Lipinski definition) is 1. The molecule has 102 valence electrons. The number of furan rings is 1. The predicted octanol–water partition coefficient (Wildman–Crippen LogP) is 3.01. The smallest absolute Gasteiger partial charge is 0.118 e. The topological polar surface area (TPSA) is 28.4 Å². The van der Waals surface area contributed by atoms with Gasteiger partial charge in [-0.25, -0.2) is 0 Å². The highest BCUT2D eigenvalue weighted by atomic mass is 16.3. The van der Waals surface area contributed by atoms with E-state index in [1.54, 1.807) is 0 Å². The van der Waals surface area contributed by atoms with E-state index in [4.69, 9.17) is 4.42 Å². The lowest BCUT2D eigenvalue weighted by Gasteiger charge is -2.25. The van der Waals surface area contributed by atoms with Crippen molar-refractivity contribution in [3.05, 3.63) is 23.7 Å². The van der Waals surface area contributed by atoms with E-state index >= 15 is 0 Å². The molecule has 3 heteroatoms. The van der Waals surface area contributed by atoms with Crippen LogP contribution in [0, 0.1) is 5.41 Å². The number of rotatable bonds is 6. The zero-order valence-electron chi connectivity index (χ0n) is 12.1. The number of nitrogens with zero attached hydrogens (tertiary/aromatic N) is 1. The first-order chi connectivity index (χ1) is 8.42. The molecule has 0 aliphatic heterocycles. The van der Waals surface area contributed by atoms with E-state index in [1.807, 2.05) is 6.26 Å². The third-order valence-electron chi connectivity index (χ3n) is 3.05. The molecule has 1 aliphatic rings. The summed E-state index contributed by atoms with van der Waals surface area (Å²) >= 11 is 0. The second-order valence-corrected chi connectivity index (χ2v) is 6.81. The summed E-state index contributed by atoms with van der Waals surface area (Å²) in [5.41, 5.74) is 1.60. The minimum atomic E-state index is 0.331. The molecule has 0 spiro atoms. The number of hydrogen-bond acceptors (Lipinski definition) is 3. The molecule has 0 amide bonds. The van der Waals surface area contributed by atoms with Crippen LogP contribution in [-0.2, 0) is 13.1 Å². The average Bonchev–Trinajstić information content (AvgIpc) is 2.94. The van der Waals surface area contributed by atoms with Crippen LogP contribution in [0.4, 0.5) is 0 Å². The lowest BCUT2D eigenvalue weighted by Crippen LogP contribution is -2.28. The molecule has 1 aromatic heterocycles. The third kappa shape index (κ3) is 4.83. The Bertz CT molecular complexity index is 374. The summed E-state index contributed by atoms with van der Waals surface area (Å²) in [5, 5.41) is 3.50. The van der Waals surface area contributed by atoms with E-state index < -0.39 is 0 Å². The van der Waals surface area contributed by atoms with Crippen molar-refractivity contribution in [2.24, 2.45) is 5.41 Å². The molecular formula is C15H26N2O. The minimum absolute atomic E-state index is 0.331. The van der Waals surface area contributed by atoms with Crippen LogP contribution in [0.3, 0.4) is 0 Å². The standard InChI is InChI=1S/C15H26N2O/c1-15(2,3)11-17(4)9-14-7-12(10-18-14)8-16-13-5-6-13/h7,10,13,16H,5-6,8-9,11H2,1-4H3. The second-order valence-electron chi connectivity index (χ2n) is 6.81. The summed E-state index contributed by atoms with van der Waals surface area (Å²) in [6.07, 6.45) is 4.55. The van der Waals surface area contributed by atoms with Crippen molar-refractivity contribution in [1.29, 1.82) is 0 Å². The summed E-state index contributed by atoms with van der Waals surface area (Å²) < 4.78 is 5.62. The zero-order chi connectivity index (χ0) is 13.2. The molecule has 1 saturated carbocycles. The van der Waals surface area contributed by atoms with Crippen molar-refractivity contribution in [1.82, 2.24) is 10.2 Å². The van der Waals surface area contributed by atoms with Crippen LogP contribution in [0.1, 0.15) is 44.9 Å². The molecule has 0 saturated heterocycles. The van der Waals surface area contributed by atoms with Gasteiger partial charge in [-0.3, -0.25) is 4.90 Å². The quantitative estimate of drug-likeness (QED) is 0.841. The zero-order valence-corrected chi connectivity index (χ0v) is 12.1. The molecule has 1 aromatic rings. The Morgan fingerprint density at radius 1 is 1.39 bits per heavy atom. The maximum absolute atomic E-state index is 5.62. The SMILES string of the molecule is CN(Cc1cc(CNC2CC2)co1)CC(C)(C)C. The van der Waals surface area contributed by atoms with Gasteiger partial charge in [0.2, 0.25) is 0 Å². The molecule has 2 rings (SSSR count). The maximum Gasteiger partial charge on any atom is 0.118 e. The molecule has 0 atom stereocenters. The van der Waals surface area contributed by atoms with Gasteiger partial charge in [-0.05, 0) is 31.4 Å². The highest BCUT2D eigenvalue weighted by molar-refractivity contribution is 5.13. The van der Waals surface area contributed by atoms with Crippen molar-refractivity contribution >= 4 is 0 Å². The van der Waals surface area contributed by atoms with Gasteiger partial charge in [0.05, 0.1) is 12.8 Å². The summed E-state index contributed by atoms with van der Waals surface area (Å²) in [6, 6.07) is 2.93. The molecule has 3 nitrogen and oxygen atoms in total. The van der Waals surface area contributed by atoms with Gasteiger partial charge >= 0.3 is 0 Å². The van der Waals surface area contributed by atoms with Gasteiger partial charge in [-0.1, -0.05) is 20.8 Å². The van der Waals surface area contributed by atoms with E-state index in [1.165, 1.54) is 18.4 Å². The Morgan fingerprint density at radius 3 is 2.72 bits per heavy atom. The minimum Gasteiger partial charge on any atom is -0.468 e. The van der Waals surface area contributed by atoms with Gasteiger partial charge < -0.3 is 9.73 Å². The summed E-state index contributed by atoms with van der Waals surface area (Å²) in [5.74, 6) is 1.06. The van der Waals surface area contributed by atoms with Crippen molar-refractivity contribution in [3.8, 4) is 0 Å². The summed E-state index contributed by atoms with van der Waals surface area (Å²) in [6.45, 7) is 9.69. The van der Waals surface area contributed by atoms with Gasteiger partial charge in [0, 0.05) is 24.7 Å². The number of nitrogens with one attached hydrogen (secondary N) is 1. The molecule has 1 aliphatic carbocycles. The Balaban J connectivity index is 1.77. The van der Waals surface area contributed by atoms with Crippen LogP contribution in [-0.4, -0.2) is 24.5 Å². The van der Waals surface area contributed by atoms with Gasteiger partial charge in [-0.2, -0.15) is 0 Å². The Labute approximate surface area is 111 Å². The molecule has 18 heavy (non-hydrogen) atoms. The fourth-order valence-electron chi connectivity index (χ4n) is 2.28. The molecule has 0 radical (unpaired) electrons. The fourth-order valence-corrected chi connectivity index (χ4v) is 2.28. The van der Waals surface area contributed by atoms with Crippen LogP contribution < -0.4 is 5.32 Å². The normalized spacial score (nSPS) is 16.5. The monoisotopic (exact) mass is 250 g/mol. The molecule has 1 N–H and O–H groups in total. The van der Waals surface area contributed by atoms with Gasteiger partial charge in [0.25, 0.3) is 0 Å². The van der Waals surface area contributed by atoms with Crippen molar-refractivity contribution in [2.75, 3.05) is 13.6 Å². The van der Waals surface area contributed by atoms with Crippen molar-refractivity contribution < 1.29 is 4.42 Å². The lowest BCUT2D eigenvalue weighted by atomic mass is 9.96. The van der Waals surface area contributed by atoms with Crippen molar-refractivity contribution in [3.63, 3.8) is 0 Å². The maximum atomic E-state index is 5.62. The first-order valence-corrected chi connectivity index (χ1v) is 6.90. The highest BCUT2D eigenvalue weighted by Crippen LogP contribution is 2.20. The van der Waals surface area contributed by atoms with Crippen LogP contribution in [0.25, 0.3) is 0 Å². The fraction of sp³-hybridized carbons (Fsp3) is 0.733. The molecular weight excluding hydrogens is 224 g/mol. The van der Waals surface area contributed by atoms with Crippen molar-refractivity contribution in [2.45, 2.75) is 52.7 Å². The van der Waals surface area contributed by atoms with E-state index in [2.05, 4.69) is 44.1 Å². The Kier molecular flexibility index (Phi) is 4.13. The van der Waals surface area contributed by atoms with E-state index in [9.17, 15) is 0 Å². The second kappa shape index (κ2) is 5.45. The molecule has 1 heterocycles. The van der Waals surface area contributed by atoms with Crippen LogP contribution in [0.15, 0.2) is 16.7 Å². The summed E-state index contributed by atoms with van der Waals surface area (Å²) in [7, 11) is 2.15. The molecule has 0 bridgehead atoms. The van der Waals surface area contributed by atoms with E-state index in [0.717, 1.165) is 31.4 Å². The first kappa shape index (κ1) is 13.6. The van der Waals surface area contributed by atoms with Crippen LogP contribution in [0.5, 0.6) is 0 Å². The van der Waals surface area contributed by atoms with E-state index in [0.29, 0.717) is 5.41 Å². The lowest BCUT2D eigenvalue weighted by molar-refractivity contribution is 0.208. The Morgan fingerprint density at radius 2 is 2.11 bits per heavy atom. The van der Waals surface area contributed by atoms with E-state index in [-0.39, 0.29) is 0 Å². The molecule has 0 unspecified atom stereocenters. The largest absolute Gasteiger partial charge is 0.468 e. The highest BCUT2D eigenvalue weighted by Gasteiger charge is 2.20. The van der Waals surface area contributed by atoms with Crippen LogP contribution in [0.2, 0.25) is 0 Å². The van der Waals surface area contributed by atoms with Gasteiger partial charge in [-0.15, -0.1) is 0 Å². The van der Waals surface area contributed by atoms with Gasteiger partial charge in [0.1, 0.15) is 5.76 Å². The molecule has 0 aromatic carbocycles. The first-order valence-electron chi connectivity index (χ1n) is 6.90. The van der Waals surface area contributed by atoms with Crippen LogP contribution >= 0.6 is 0 Å². The van der Waals surface area contributed by atoms with Gasteiger partial charge in [0.15, 0.2) is 0 Å². The third-order valence-corrected chi connectivity index (χ3v) is 3.05. The summed E-state index contributed by atoms with van der Waals surface area (Å²) in [4.78, 5) is 2.32. The molecule has 1 fully saturated rings. The predicted molar refractivity (Wildman–Crippen MR) is 74.4 cm³/mol. The Hall–Kier alpha value is -0.800.